The van der Waals surface area contributed by atoms with E-state index < -0.39 is 0 Å². The normalized spacial score (nSPS) is 22.8. The molecule has 108 valence electrons. The molecule has 1 aromatic rings. The molecule has 0 aromatic heterocycles. The summed E-state index contributed by atoms with van der Waals surface area (Å²) in [6, 6.07) is 10.3. The van der Waals surface area contributed by atoms with E-state index in [4.69, 9.17) is 4.74 Å². The highest BCUT2D eigenvalue weighted by Gasteiger charge is 2.35. The summed E-state index contributed by atoms with van der Waals surface area (Å²) in [4.78, 5) is 14.2. The molecule has 0 spiro atoms. The molecule has 0 N–H and O–H groups in total. The van der Waals surface area contributed by atoms with Gasteiger partial charge in [0.25, 0.3) is 0 Å². The summed E-state index contributed by atoms with van der Waals surface area (Å²) < 4.78 is 5.83. The fraction of sp³-hybridized carbons (Fsp3) is 0.588. The van der Waals surface area contributed by atoms with Gasteiger partial charge in [0, 0.05) is 19.0 Å². The Morgan fingerprint density at radius 1 is 1.20 bits per heavy atom. The largest absolute Gasteiger partial charge is 0.376 e. The Kier molecular flexibility index (Phi) is 4.36. The summed E-state index contributed by atoms with van der Waals surface area (Å²) in [6.07, 6.45) is 4.51. The average Bonchev–Trinajstić information content (AvgIpc) is 3.33. The zero-order valence-electron chi connectivity index (χ0n) is 12.0. The van der Waals surface area contributed by atoms with E-state index >= 15 is 0 Å². The number of benzene rings is 1. The standard InChI is InChI=1S/C17H23NO2/c19-17(16-8-9-16)18-10-4-7-15(11-18)13-20-12-14-5-2-1-3-6-14/h1-3,5-6,15-16H,4,7-13H2. The number of carbonyl (C=O) groups is 1. The lowest BCUT2D eigenvalue weighted by atomic mass is 9.98. The third-order valence-corrected chi connectivity index (χ3v) is 4.22. The summed E-state index contributed by atoms with van der Waals surface area (Å²) in [7, 11) is 0. The summed E-state index contributed by atoms with van der Waals surface area (Å²) >= 11 is 0. The van der Waals surface area contributed by atoms with Crippen LogP contribution in [0.2, 0.25) is 0 Å². The minimum Gasteiger partial charge on any atom is -0.376 e. The third kappa shape index (κ3) is 3.60. The second-order valence-electron chi connectivity index (χ2n) is 6.07. The van der Waals surface area contributed by atoms with Crippen LogP contribution in [0.25, 0.3) is 0 Å². The van der Waals surface area contributed by atoms with Gasteiger partial charge in [0.2, 0.25) is 5.91 Å². The van der Waals surface area contributed by atoms with Gasteiger partial charge < -0.3 is 9.64 Å². The van der Waals surface area contributed by atoms with Crippen LogP contribution in [0.3, 0.4) is 0 Å². The Morgan fingerprint density at radius 3 is 2.75 bits per heavy atom. The van der Waals surface area contributed by atoms with E-state index in [1.165, 1.54) is 12.0 Å². The lowest BCUT2D eigenvalue weighted by Gasteiger charge is -2.32. The first-order valence-corrected chi connectivity index (χ1v) is 7.73. The van der Waals surface area contributed by atoms with Crippen molar-refractivity contribution in [2.24, 2.45) is 11.8 Å². The van der Waals surface area contributed by atoms with Crippen LogP contribution in [-0.4, -0.2) is 30.5 Å². The Balaban J connectivity index is 1.42. The van der Waals surface area contributed by atoms with E-state index in [1.54, 1.807) is 0 Å². The molecular weight excluding hydrogens is 250 g/mol. The molecule has 1 aliphatic heterocycles. The number of rotatable bonds is 5. The molecule has 1 heterocycles. The molecule has 2 aliphatic rings. The Labute approximate surface area is 120 Å². The average molecular weight is 273 g/mol. The molecule has 1 saturated carbocycles. The van der Waals surface area contributed by atoms with Crippen LogP contribution >= 0.6 is 0 Å². The van der Waals surface area contributed by atoms with E-state index in [-0.39, 0.29) is 0 Å². The zero-order valence-corrected chi connectivity index (χ0v) is 12.0. The van der Waals surface area contributed by atoms with Gasteiger partial charge in [0.15, 0.2) is 0 Å². The van der Waals surface area contributed by atoms with Crippen LogP contribution in [0.1, 0.15) is 31.2 Å². The fourth-order valence-corrected chi connectivity index (χ4v) is 2.91. The number of hydrogen-bond donors (Lipinski definition) is 0. The molecule has 1 aromatic carbocycles. The van der Waals surface area contributed by atoms with Gasteiger partial charge in [-0.05, 0) is 37.2 Å². The number of ether oxygens (including phenoxy) is 1. The van der Waals surface area contributed by atoms with Gasteiger partial charge in [-0.2, -0.15) is 0 Å². The molecule has 3 nitrogen and oxygen atoms in total. The van der Waals surface area contributed by atoms with Crippen LogP contribution in [0.5, 0.6) is 0 Å². The summed E-state index contributed by atoms with van der Waals surface area (Å²) in [6.45, 7) is 3.28. The van der Waals surface area contributed by atoms with Gasteiger partial charge in [-0.3, -0.25) is 4.79 Å². The first-order chi connectivity index (χ1) is 9.83. The maximum atomic E-state index is 12.1. The highest BCUT2D eigenvalue weighted by atomic mass is 16.5. The first-order valence-electron chi connectivity index (χ1n) is 7.73. The third-order valence-electron chi connectivity index (χ3n) is 4.22. The van der Waals surface area contributed by atoms with Crippen molar-refractivity contribution in [3.8, 4) is 0 Å². The minimum atomic E-state index is 0.346. The molecule has 1 unspecified atom stereocenters. The second kappa shape index (κ2) is 6.40. The van der Waals surface area contributed by atoms with Crippen molar-refractivity contribution in [1.29, 1.82) is 0 Å². The molecule has 1 aliphatic carbocycles. The monoisotopic (exact) mass is 273 g/mol. The molecule has 1 amide bonds. The van der Waals surface area contributed by atoms with Crippen LogP contribution in [-0.2, 0) is 16.1 Å². The molecule has 2 fully saturated rings. The van der Waals surface area contributed by atoms with Gasteiger partial charge in [0.1, 0.15) is 0 Å². The van der Waals surface area contributed by atoms with Gasteiger partial charge in [-0.25, -0.2) is 0 Å². The Bertz CT molecular complexity index is 442. The van der Waals surface area contributed by atoms with E-state index in [0.29, 0.717) is 24.3 Å². The zero-order chi connectivity index (χ0) is 13.8. The van der Waals surface area contributed by atoms with Crippen molar-refractivity contribution >= 4 is 5.91 Å². The van der Waals surface area contributed by atoms with Crippen molar-refractivity contribution in [2.45, 2.75) is 32.3 Å². The number of likely N-dealkylation sites (tertiary alicyclic amines) is 1. The smallest absolute Gasteiger partial charge is 0.225 e. The SMILES string of the molecule is O=C(C1CC1)N1CCCC(COCc2ccccc2)C1. The van der Waals surface area contributed by atoms with Gasteiger partial charge in [0.05, 0.1) is 13.2 Å². The van der Waals surface area contributed by atoms with E-state index in [2.05, 4.69) is 17.0 Å². The second-order valence-corrected chi connectivity index (χ2v) is 6.07. The Morgan fingerprint density at radius 2 is 2.00 bits per heavy atom. The molecule has 3 heteroatoms. The quantitative estimate of drug-likeness (QED) is 0.825. The van der Waals surface area contributed by atoms with Gasteiger partial charge in [-0.1, -0.05) is 30.3 Å². The highest BCUT2D eigenvalue weighted by Crippen LogP contribution is 2.32. The van der Waals surface area contributed by atoms with E-state index in [9.17, 15) is 4.79 Å². The highest BCUT2D eigenvalue weighted by molar-refractivity contribution is 5.81. The molecule has 0 bridgehead atoms. The molecule has 20 heavy (non-hydrogen) atoms. The van der Waals surface area contributed by atoms with E-state index in [1.807, 2.05) is 18.2 Å². The van der Waals surface area contributed by atoms with Gasteiger partial charge in [-0.15, -0.1) is 0 Å². The van der Waals surface area contributed by atoms with Crippen LogP contribution in [0.4, 0.5) is 0 Å². The maximum Gasteiger partial charge on any atom is 0.225 e. The summed E-state index contributed by atoms with van der Waals surface area (Å²) in [5.74, 6) is 1.24. The van der Waals surface area contributed by atoms with Crippen molar-refractivity contribution in [2.75, 3.05) is 19.7 Å². The minimum absolute atomic E-state index is 0.346. The summed E-state index contributed by atoms with van der Waals surface area (Å²) in [5.41, 5.74) is 1.22. The first kappa shape index (κ1) is 13.6. The molecular formula is C17H23NO2. The molecule has 0 radical (unpaired) electrons. The number of piperidine rings is 1. The van der Waals surface area contributed by atoms with Crippen LogP contribution in [0.15, 0.2) is 30.3 Å². The van der Waals surface area contributed by atoms with Crippen molar-refractivity contribution < 1.29 is 9.53 Å². The summed E-state index contributed by atoms with van der Waals surface area (Å²) in [5, 5.41) is 0. The van der Waals surface area contributed by atoms with Crippen LogP contribution < -0.4 is 0 Å². The lowest BCUT2D eigenvalue weighted by Crippen LogP contribution is -2.41. The number of hydrogen-bond acceptors (Lipinski definition) is 2. The molecule has 3 rings (SSSR count). The van der Waals surface area contributed by atoms with Crippen molar-refractivity contribution in [3.05, 3.63) is 35.9 Å². The van der Waals surface area contributed by atoms with Crippen molar-refractivity contribution in [3.63, 3.8) is 0 Å². The topological polar surface area (TPSA) is 29.5 Å². The predicted molar refractivity (Wildman–Crippen MR) is 78.1 cm³/mol. The fourth-order valence-electron chi connectivity index (χ4n) is 2.91. The molecule has 1 saturated heterocycles. The van der Waals surface area contributed by atoms with Gasteiger partial charge >= 0.3 is 0 Å². The number of carbonyl (C=O) groups excluding carboxylic acids is 1. The number of nitrogens with zero attached hydrogens (tertiary/aromatic N) is 1. The molecule has 1 atom stereocenters. The van der Waals surface area contributed by atoms with Crippen LogP contribution in [0, 0.1) is 11.8 Å². The van der Waals surface area contributed by atoms with Crippen molar-refractivity contribution in [1.82, 2.24) is 4.90 Å². The lowest BCUT2D eigenvalue weighted by molar-refractivity contribution is -0.134. The maximum absolute atomic E-state index is 12.1. The predicted octanol–water partition coefficient (Wildman–Crippen LogP) is 2.85. The van der Waals surface area contributed by atoms with E-state index in [0.717, 1.165) is 39.0 Å². The number of amides is 1. The Hall–Kier alpha value is -1.35.